The number of benzene rings is 1. The van der Waals surface area contributed by atoms with E-state index in [9.17, 15) is 4.79 Å². The molecule has 0 radical (unpaired) electrons. The van der Waals surface area contributed by atoms with E-state index >= 15 is 0 Å². The molecule has 1 fully saturated rings. The van der Waals surface area contributed by atoms with Crippen molar-refractivity contribution in [1.82, 2.24) is 0 Å². The summed E-state index contributed by atoms with van der Waals surface area (Å²) >= 11 is 0. The van der Waals surface area contributed by atoms with E-state index in [1.807, 2.05) is 24.3 Å². The van der Waals surface area contributed by atoms with Crippen LogP contribution in [0.3, 0.4) is 0 Å². The van der Waals surface area contributed by atoms with Crippen molar-refractivity contribution >= 4 is 17.5 Å². The summed E-state index contributed by atoms with van der Waals surface area (Å²) in [5.41, 5.74) is 1.78. The van der Waals surface area contributed by atoms with Crippen LogP contribution in [0, 0.1) is 0 Å². The SMILES string of the molecule is O=C(Nc1ccccc1N1CCCC1)OCCO. The maximum absolute atomic E-state index is 11.5. The number of aliphatic hydroxyl groups excluding tert-OH is 1. The molecule has 0 saturated carbocycles. The number of amides is 1. The smallest absolute Gasteiger partial charge is 0.411 e. The van der Waals surface area contributed by atoms with Crippen molar-refractivity contribution in [1.29, 1.82) is 0 Å². The third-order valence-electron chi connectivity index (χ3n) is 2.91. The summed E-state index contributed by atoms with van der Waals surface area (Å²) in [6.45, 7) is 1.88. The van der Waals surface area contributed by atoms with Crippen molar-refractivity contribution in [2.75, 3.05) is 36.5 Å². The summed E-state index contributed by atoms with van der Waals surface area (Å²) in [6, 6.07) is 7.68. The number of para-hydroxylation sites is 2. The van der Waals surface area contributed by atoms with E-state index in [4.69, 9.17) is 9.84 Å². The fourth-order valence-electron chi connectivity index (χ4n) is 2.10. The highest BCUT2D eigenvalue weighted by Gasteiger charge is 2.16. The van der Waals surface area contributed by atoms with Gasteiger partial charge in [-0.2, -0.15) is 0 Å². The predicted octanol–water partition coefficient (Wildman–Crippen LogP) is 1.83. The number of nitrogens with zero attached hydrogens (tertiary/aromatic N) is 1. The third-order valence-corrected chi connectivity index (χ3v) is 2.91. The Morgan fingerprint density at radius 1 is 1.33 bits per heavy atom. The monoisotopic (exact) mass is 250 g/mol. The second kappa shape index (κ2) is 6.26. The minimum Gasteiger partial charge on any atom is -0.447 e. The molecule has 98 valence electrons. The van der Waals surface area contributed by atoms with Crippen molar-refractivity contribution in [2.24, 2.45) is 0 Å². The van der Waals surface area contributed by atoms with Gasteiger partial charge in [0.25, 0.3) is 0 Å². The van der Waals surface area contributed by atoms with Gasteiger partial charge in [-0.05, 0) is 25.0 Å². The highest BCUT2D eigenvalue weighted by atomic mass is 16.6. The number of carbonyl (C=O) groups is 1. The minimum absolute atomic E-state index is 0.0116. The molecule has 1 saturated heterocycles. The lowest BCUT2D eigenvalue weighted by Gasteiger charge is -2.21. The third kappa shape index (κ3) is 3.13. The van der Waals surface area contributed by atoms with Crippen LogP contribution in [-0.2, 0) is 4.74 Å². The van der Waals surface area contributed by atoms with E-state index in [-0.39, 0.29) is 13.2 Å². The predicted molar refractivity (Wildman–Crippen MR) is 69.9 cm³/mol. The number of carbonyl (C=O) groups excluding carboxylic acids is 1. The van der Waals surface area contributed by atoms with Crippen molar-refractivity contribution in [3.05, 3.63) is 24.3 Å². The van der Waals surface area contributed by atoms with Gasteiger partial charge in [-0.1, -0.05) is 12.1 Å². The number of hydrogen-bond donors (Lipinski definition) is 2. The van der Waals surface area contributed by atoms with E-state index < -0.39 is 6.09 Å². The second-order valence-corrected chi connectivity index (χ2v) is 4.20. The van der Waals surface area contributed by atoms with Crippen LogP contribution in [0.4, 0.5) is 16.2 Å². The van der Waals surface area contributed by atoms with E-state index in [0.717, 1.165) is 24.5 Å². The number of hydrogen-bond acceptors (Lipinski definition) is 4. The van der Waals surface area contributed by atoms with Crippen molar-refractivity contribution in [3.63, 3.8) is 0 Å². The average Bonchev–Trinajstić information content (AvgIpc) is 2.91. The number of rotatable bonds is 4. The fourth-order valence-corrected chi connectivity index (χ4v) is 2.10. The molecule has 1 aromatic carbocycles. The van der Waals surface area contributed by atoms with E-state index in [1.165, 1.54) is 12.8 Å². The molecular weight excluding hydrogens is 232 g/mol. The van der Waals surface area contributed by atoms with Gasteiger partial charge < -0.3 is 14.7 Å². The lowest BCUT2D eigenvalue weighted by Crippen LogP contribution is -2.22. The molecule has 1 heterocycles. The normalized spacial score (nSPS) is 14.6. The van der Waals surface area contributed by atoms with Crippen molar-refractivity contribution in [2.45, 2.75) is 12.8 Å². The Labute approximate surface area is 106 Å². The molecular formula is C13H18N2O3. The average molecular weight is 250 g/mol. The molecule has 1 aromatic rings. The van der Waals surface area contributed by atoms with Gasteiger partial charge in [-0.3, -0.25) is 5.32 Å². The minimum atomic E-state index is -0.532. The first-order chi connectivity index (χ1) is 8.81. The standard InChI is InChI=1S/C13H18N2O3/c16-9-10-18-13(17)14-11-5-1-2-6-12(11)15-7-3-4-8-15/h1-2,5-6,16H,3-4,7-10H2,(H,14,17). The van der Waals surface area contributed by atoms with Crippen LogP contribution in [0.2, 0.25) is 0 Å². The van der Waals surface area contributed by atoms with Gasteiger partial charge in [0.2, 0.25) is 0 Å². The number of anilines is 2. The highest BCUT2D eigenvalue weighted by Crippen LogP contribution is 2.28. The maximum Gasteiger partial charge on any atom is 0.411 e. The summed E-state index contributed by atoms with van der Waals surface area (Å²) in [4.78, 5) is 13.7. The molecule has 0 aromatic heterocycles. The lowest BCUT2D eigenvalue weighted by atomic mass is 10.2. The van der Waals surface area contributed by atoms with Gasteiger partial charge in [0, 0.05) is 13.1 Å². The zero-order valence-electron chi connectivity index (χ0n) is 10.3. The lowest BCUT2D eigenvalue weighted by molar-refractivity contribution is 0.131. The number of ether oxygens (including phenoxy) is 1. The van der Waals surface area contributed by atoms with Gasteiger partial charge in [0.15, 0.2) is 0 Å². The van der Waals surface area contributed by atoms with Crippen molar-refractivity contribution < 1.29 is 14.6 Å². The Kier molecular flexibility index (Phi) is 4.41. The van der Waals surface area contributed by atoms with Gasteiger partial charge >= 0.3 is 6.09 Å². The first-order valence-corrected chi connectivity index (χ1v) is 6.20. The van der Waals surface area contributed by atoms with Gasteiger partial charge in [0.05, 0.1) is 18.0 Å². The first kappa shape index (κ1) is 12.7. The van der Waals surface area contributed by atoms with Crippen LogP contribution in [0.1, 0.15) is 12.8 Å². The summed E-state index contributed by atoms with van der Waals surface area (Å²) in [5, 5.41) is 11.3. The molecule has 18 heavy (non-hydrogen) atoms. The summed E-state index contributed by atoms with van der Waals surface area (Å²) in [5.74, 6) is 0. The van der Waals surface area contributed by atoms with E-state index in [2.05, 4.69) is 10.2 Å². The van der Waals surface area contributed by atoms with Crippen LogP contribution in [0.25, 0.3) is 0 Å². The molecule has 2 rings (SSSR count). The van der Waals surface area contributed by atoms with Gasteiger partial charge in [-0.15, -0.1) is 0 Å². The molecule has 0 atom stereocenters. The quantitative estimate of drug-likeness (QED) is 0.855. The van der Waals surface area contributed by atoms with Crippen LogP contribution in [0.15, 0.2) is 24.3 Å². The highest BCUT2D eigenvalue weighted by molar-refractivity contribution is 5.89. The van der Waals surface area contributed by atoms with Gasteiger partial charge in [-0.25, -0.2) is 4.79 Å². The number of nitrogens with one attached hydrogen (secondary N) is 1. The Hall–Kier alpha value is -1.75. The molecule has 0 unspecified atom stereocenters. The number of aliphatic hydroxyl groups is 1. The molecule has 1 amide bonds. The van der Waals surface area contributed by atoms with Crippen LogP contribution in [0.5, 0.6) is 0 Å². The molecule has 5 heteroatoms. The molecule has 0 aliphatic carbocycles. The molecule has 1 aliphatic heterocycles. The molecule has 5 nitrogen and oxygen atoms in total. The Balaban J connectivity index is 2.05. The van der Waals surface area contributed by atoms with Gasteiger partial charge in [0.1, 0.15) is 6.61 Å². The molecule has 0 spiro atoms. The maximum atomic E-state index is 11.5. The molecule has 1 aliphatic rings. The van der Waals surface area contributed by atoms with E-state index in [1.54, 1.807) is 0 Å². The molecule has 2 N–H and O–H groups in total. The van der Waals surface area contributed by atoms with Crippen LogP contribution in [-0.4, -0.2) is 37.5 Å². The fraction of sp³-hybridized carbons (Fsp3) is 0.462. The Morgan fingerprint density at radius 2 is 2.06 bits per heavy atom. The van der Waals surface area contributed by atoms with Crippen LogP contribution < -0.4 is 10.2 Å². The Morgan fingerprint density at radius 3 is 2.78 bits per heavy atom. The second-order valence-electron chi connectivity index (χ2n) is 4.20. The topological polar surface area (TPSA) is 61.8 Å². The zero-order chi connectivity index (χ0) is 12.8. The van der Waals surface area contributed by atoms with Crippen LogP contribution >= 0.6 is 0 Å². The van der Waals surface area contributed by atoms with E-state index in [0.29, 0.717) is 0 Å². The summed E-state index contributed by atoms with van der Waals surface area (Å²) in [6.07, 6.45) is 1.84. The first-order valence-electron chi connectivity index (χ1n) is 6.20. The summed E-state index contributed by atoms with van der Waals surface area (Å²) in [7, 11) is 0. The largest absolute Gasteiger partial charge is 0.447 e. The Bertz CT molecular complexity index is 403. The summed E-state index contributed by atoms with van der Waals surface area (Å²) < 4.78 is 4.79. The van der Waals surface area contributed by atoms with Crippen molar-refractivity contribution in [3.8, 4) is 0 Å². The molecule has 0 bridgehead atoms. The zero-order valence-corrected chi connectivity index (χ0v) is 10.3.